The Morgan fingerprint density at radius 1 is 1.33 bits per heavy atom. The van der Waals surface area contributed by atoms with Gasteiger partial charge in [0, 0.05) is 25.2 Å². The maximum absolute atomic E-state index is 11.9. The van der Waals surface area contributed by atoms with Crippen molar-refractivity contribution in [3.05, 3.63) is 18.5 Å². The molecule has 0 bridgehead atoms. The Hall–Kier alpha value is -1.23. The van der Waals surface area contributed by atoms with Crippen molar-refractivity contribution in [1.82, 2.24) is 9.71 Å². The lowest BCUT2D eigenvalue weighted by atomic mass is 10.4. The largest absolute Gasteiger partial charge is 0.323 e. The number of hydrogen-bond donors (Lipinski definition) is 3. The summed E-state index contributed by atoms with van der Waals surface area (Å²) in [6.45, 7) is -0.208. The van der Waals surface area contributed by atoms with Crippen molar-refractivity contribution in [2.75, 3.05) is 24.0 Å². The van der Waals surface area contributed by atoms with E-state index in [1.807, 2.05) is 0 Å². The molecule has 0 saturated carbocycles. The number of hydrogen-bond acceptors (Lipinski definition) is 7. The molecule has 0 aliphatic rings. The third kappa shape index (κ3) is 4.22. The molecule has 0 aliphatic heterocycles. The lowest BCUT2D eigenvalue weighted by Crippen LogP contribution is -2.30. The predicted molar refractivity (Wildman–Crippen MR) is 66.9 cm³/mol. The summed E-state index contributed by atoms with van der Waals surface area (Å²) in [4.78, 5) is 3.55. The second kappa shape index (κ2) is 5.61. The van der Waals surface area contributed by atoms with E-state index in [-0.39, 0.29) is 22.9 Å². The van der Waals surface area contributed by atoms with Crippen molar-refractivity contribution in [2.24, 2.45) is 5.84 Å². The van der Waals surface area contributed by atoms with Gasteiger partial charge in [0.1, 0.15) is 14.7 Å². The average Bonchev–Trinajstić information content (AvgIpc) is 2.27. The Balaban J connectivity index is 2.87. The van der Waals surface area contributed by atoms with Gasteiger partial charge in [-0.2, -0.15) is 0 Å². The van der Waals surface area contributed by atoms with Crippen molar-refractivity contribution >= 4 is 25.5 Å². The highest BCUT2D eigenvalue weighted by Gasteiger charge is 2.18. The molecular formula is C8H14N4O4S2. The number of nitrogens with two attached hydrogens (primary N) is 1. The first-order valence-electron chi connectivity index (χ1n) is 4.84. The molecular weight excluding hydrogens is 280 g/mol. The number of pyridine rings is 1. The Morgan fingerprint density at radius 3 is 2.56 bits per heavy atom. The topological polar surface area (TPSA) is 131 Å². The number of nitrogens with zero attached hydrogens (tertiary/aromatic N) is 1. The number of nitrogen functional groups attached to an aromatic ring is 1. The first kappa shape index (κ1) is 14.8. The minimum Gasteiger partial charge on any atom is -0.323 e. The quantitative estimate of drug-likeness (QED) is 0.438. The van der Waals surface area contributed by atoms with Crippen LogP contribution < -0.4 is 16.0 Å². The first-order valence-corrected chi connectivity index (χ1v) is 8.38. The summed E-state index contributed by atoms with van der Waals surface area (Å²) in [6, 6.07) is 1.39. The third-order valence-corrected chi connectivity index (χ3v) is 4.43. The zero-order valence-electron chi connectivity index (χ0n) is 9.62. The molecule has 10 heteroatoms. The first-order chi connectivity index (χ1) is 8.26. The van der Waals surface area contributed by atoms with Crippen LogP contribution in [0.25, 0.3) is 0 Å². The second-order valence-electron chi connectivity index (χ2n) is 3.54. The number of rotatable bonds is 6. The van der Waals surface area contributed by atoms with Crippen molar-refractivity contribution in [3.8, 4) is 0 Å². The molecule has 0 saturated heterocycles. The average molecular weight is 294 g/mol. The number of sulfone groups is 1. The molecule has 0 unspecified atom stereocenters. The minimum absolute atomic E-state index is 0.138. The number of hydrazine groups is 1. The van der Waals surface area contributed by atoms with Crippen molar-refractivity contribution < 1.29 is 16.8 Å². The molecule has 0 aliphatic carbocycles. The minimum atomic E-state index is -3.84. The summed E-state index contributed by atoms with van der Waals surface area (Å²) < 4.78 is 47.7. The fraction of sp³-hybridized carbons (Fsp3) is 0.375. The summed E-state index contributed by atoms with van der Waals surface area (Å²) in [5.74, 6) is 4.90. The summed E-state index contributed by atoms with van der Waals surface area (Å²) in [5, 5.41) is 0. The van der Waals surface area contributed by atoms with E-state index >= 15 is 0 Å². The van der Waals surface area contributed by atoms with Crippen LogP contribution in [-0.2, 0) is 19.9 Å². The van der Waals surface area contributed by atoms with Crippen LogP contribution in [0, 0.1) is 0 Å². The summed E-state index contributed by atoms with van der Waals surface area (Å²) >= 11 is 0. The van der Waals surface area contributed by atoms with Gasteiger partial charge >= 0.3 is 0 Å². The van der Waals surface area contributed by atoms with Gasteiger partial charge in [0.2, 0.25) is 10.0 Å². The fourth-order valence-corrected chi connectivity index (χ4v) is 2.90. The van der Waals surface area contributed by atoms with Gasteiger partial charge in [0.25, 0.3) is 0 Å². The van der Waals surface area contributed by atoms with Gasteiger partial charge in [-0.15, -0.1) is 0 Å². The van der Waals surface area contributed by atoms with E-state index in [4.69, 9.17) is 5.84 Å². The number of aromatic nitrogens is 1. The summed E-state index contributed by atoms with van der Waals surface area (Å²) in [7, 11) is -7.07. The van der Waals surface area contributed by atoms with Gasteiger partial charge in [0.15, 0.2) is 0 Å². The maximum Gasteiger partial charge on any atom is 0.244 e. The van der Waals surface area contributed by atoms with E-state index in [9.17, 15) is 16.8 Å². The Bertz CT molecular complexity index is 612. The number of nitrogens with one attached hydrogen (secondary N) is 2. The molecule has 1 aromatic rings. The van der Waals surface area contributed by atoms with Gasteiger partial charge in [-0.25, -0.2) is 21.6 Å². The van der Waals surface area contributed by atoms with Gasteiger partial charge in [-0.3, -0.25) is 10.8 Å². The van der Waals surface area contributed by atoms with Crippen LogP contribution in [0.15, 0.2) is 23.4 Å². The highest BCUT2D eigenvalue weighted by molar-refractivity contribution is 7.91. The maximum atomic E-state index is 11.9. The molecule has 0 atom stereocenters. The zero-order chi connectivity index (χ0) is 13.8. The van der Waals surface area contributed by atoms with Crippen LogP contribution >= 0.6 is 0 Å². The smallest absolute Gasteiger partial charge is 0.244 e. The van der Waals surface area contributed by atoms with E-state index in [2.05, 4.69) is 15.1 Å². The molecule has 102 valence electrons. The Morgan fingerprint density at radius 2 is 2.00 bits per heavy atom. The van der Waals surface area contributed by atoms with E-state index in [1.54, 1.807) is 0 Å². The van der Waals surface area contributed by atoms with Gasteiger partial charge in [0.05, 0.1) is 11.4 Å². The van der Waals surface area contributed by atoms with Crippen molar-refractivity contribution in [2.45, 2.75) is 4.90 Å². The molecule has 4 N–H and O–H groups in total. The molecule has 1 aromatic heterocycles. The fourth-order valence-electron chi connectivity index (χ4n) is 1.15. The molecule has 1 rings (SSSR count). The Kier molecular flexibility index (Phi) is 4.62. The highest BCUT2D eigenvalue weighted by atomic mass is 32.2. The van der Waals surface area contributed by atoms with Gasteiger partial charge < -0.3 is 5.43 Å². The van der Waals surface area contributed by atoms with E-state index < -0.39 is 19.9 Å². The summed E-state index contributed by atoms with van der Waals surface area (Å²) in [5.41, 5.74) is 2.41. The predicted octanol–water partition coefficient (Wildman–Crippen LogP) is -1.31. The molecule has 8 nitrogen and oxygen atoms in total. The molecule has 0 amide bonds. The van der Waals surface area contributed by atoms with Crippen LogP contribution in [-0.4, -0.2) is 40.4 Å². The molecule has 1 heterocycles. The second-order valence-corrected chi connectivity index (χ2v) is 7.54. The number of sulfonamides is 1. The lowest BCUT2D eigenvalue weighted by Gasteiger charge is -2.09. The van der Waals surface area contributed by atoms with Crippen LogP contribution in [0.4, 0.5) is 5.69 Å². The molecule has 18 heavy (non-hydrogen) atoms. The lowest BCUT2D eigenvalue weighted by molar-refractivity contribution is 0.582. The molecule has 0 spiro atoms. The monoisotopic (exact) mass is 294 g/mol. The van der Waals surface area contributed by atoms with E-state index in [1.165, 1.54) is 12.3 Å². The van der Waals surface area contributed by atoms with Gasteiger partial charge in [-0.1, -0.05) is 0 Å². The molecule has 0 radical (unpaired) electrons. The zero-order valence-corrected chi connectivity index (χ0v) is 11.3. The summed E-state index contributed by atoms with van der Waals surface area (Å²) in [6.07, 6.45) is 3.53. The van der Waals surface area contributed by atoms with Crippen LogP contribution in [0.2, 0.25) is 0 Å². The standard InChI is InChI=1S/C8H14N4O4S2/c1-17(13,14)5-4-11-18(15,16)8-6-10-3-2-7(8)12-9/h2-3,6,11H,4-5,9H2,1H3,(H,10,12). The highest BCUT2D eigenvalue weighted by Crippen LogP contribution is 2.17. The van der Waals surface area contributed by atoms with E-state index in [0.717, 1.165) is 12.5 Å². The van der Waals surface area contributed by atoms with Crippen molar-refractivity contribution in [1.29, 1.82) is 0 Å². The van der Waals surface area contributed by atoms with Crippen molar-refractivity contribution in [3.63, 3.8) is 0 Å². The molecule has 0 fully saturated rings. The van der Waals surface area contributed by atoms with Crippen LogP contribution in [0.3, 0.4) is 0 Å². The normalized spacial score (nSPS) is 12.3. The van der Waals surface area contributed by atoms with Gasteiger partial charge in [-0.05, 0) is 6.07 Å². The third-order valence-electron chi connectivity index (χ3n) is 1.99. The van der Waals surface area contributed by atoms with E-state index in [0.29, 0.717) is 0 Å². The van der Waals surface area contributed by atoms with Crippen LogP contribution in [0.1, 0.15) is 0 Å². The molecule has 0 aromatic carbocycles. The SMILES string of the molecule is CS(=O)(=O)CCNS(=O)(=O)c1cnccc1NN. The Labute approximate surface area is 106 Å². The van der Waals surface area contributed by atoms with Crippen LogP contribution in [0.5, 0.6) is 0 Å². The number of anilines is 1.